The molecule has 0 radical (unpaired) electrons. The maximum absolute atomic E-state index is 13.3. The lowest BCUT2D eigenvalue weighted by molar-refractivity contribution is -0.384. The predicted octanol–water partition coefficient (Wildman–Crippen LogP) is 2.77. The van der Waals surface area contributed by atoms with Crippen LogP contribution in [-0.4, -0.2) is 40.5 Å². The second-order valence-corrected chi connectivity index (χ2v) is 8.18. The molecule has 1 N–H and O–H groups in total. The van der Waals surface area contributed by atoms with Crippen LogP contribution < -0.4 is 5.01 Å². The minimum atomic E-state index is -4.06. The molecule has 2 aromatic rings. The molecule has 1 heterocycles. The second kappa shape index (κ2) is 7.97. The van der Waals surface area contributed by atoms with Gasteiger partial charge in [0.2, 0.25) is 9.84 Å². The van der Waals surface area contributed by atoms with Crippen LogP contribution in [0.15, 0.2) is 34.1 Å². The van der Waals surface area contributed by atoms with Gasteiger partial charge in [-0.3, -0.25) is 10.1 Å². The van der Waals surface area contributed by atoms with Crippen molar-refractivity contribution >= 4 is 21.6 Å². The van der Waals surface area contributed by atoms with E-state index >= 15 is 0 Å². The number of aromatic nitrogens is 2. The van der Waals surface area contributed by atoms with Crippen LogP contribution in [0.25, 0.3) is 0 Å². The second-order valence-electron chi connectivity index (χ2n) is 6.29. The zero-order chi connectivity index (χ0) is 21.2. The fourth-order valence-electron chi connectivity index (χ4n) is 2.88. The van der Waals surface area contributed by atoms with Crippen LogP contribution in [0.2, 0.25) is 0 Å². The van der Waals surface area contributed by atoms with Crippen LogP contribution in [0.1, 0.15) is 39.1 Å². The standard InChI is InChI=1S/C17H22N4O6S/c1-5-14-16(15(6-2)20(18-14)19(11(3)4)17(22)23)28(26,27)13-9-7-12(8-10-13)21(24)25/h7-11H,5-6H2,1-4H3,(H,22,23). The molecule has 1 amide bonds. The summed E-state index contributed by atoms with van der Waals surface area (Å²) in [6.07, 6.45) is -0.757. The van der Waals surface area contributed by atoms with Crippen LogP contribution in [0.5, 0.6) is 0 Å². The van der Waals surface area contributed by atoms with Crippen molar-refractivity contribution in [3.63, 3.8) is 0 Å². The van der Waals surface area contributed by atoms with Crippen LogP contribution >= 0.6 is 0 Å². The maximum atomic E-state index is 13.3. The van der Waals surface area contributed by atoms with Gasteiger partial charge in [0, 0.05) is 12.1 Å². The lowest BCUT2D eigenvalue weighted by Gasteiger charge is -2.24. The number of carbonyl (C=O) groups is 1. The van der Waals surface area contributed by atoms with Gasteiger partial charge >= 0.3 is 6.09 Å². The Hall–Kier alpha value is -2.95. The van der Waals surface area contributed by atoms with Crippen LogP contribution in [0.3, 0.4) is 0 Å². The van der Waals surface area contributed by atoms with Crippen molar-refractivity contribution < 1.29 is 23.2 Å². The smallest absolute Gasteiger partial charge is 0.428 e. The molecule has 0 fully saturated rings. The van der Waals surface area contributed by atoms with E-state index in [-0.39, 0.29) is 39.7 Å². The number of rotatable bonds is 7. The van der Waals surface area contributed by atoms with E-state index in [0.717, 1.165) is 21.9 Å². The molecule has 0 aliphatic rings. The molecule has 0 saturated carbocycles. The Morgan fingerprint density at radius 3 is 2.21 bits per heavy atom. The van der Waals surface area contributed by atoms with Gasteiger partial charge in [0.25, 0.3) is 5.69 Å². The number of aryl methyl sites for hydroxylation is 1. The number of carboxylic acid groups (broad SMARTS) is 1. The number of sulfone groups is 1. The first-order chi connectivity index (χ1) is 13.1. The Labute approximate surface area is 162 Å². The topological polar surface area (TPSA) is 136 Å². The molecule has 152 valence electrons. The summed E-state index contributed by atoms with van der Waals surface area (Å²) in [7, 11) is -4.06. The lowest BCUT2D eigenvalue weighted by Crippen LogP contribution is -2.46. The Kier molecular flexibility index (Phi) is 6.07. The lowest BCUT2D eigenvalue weighted by atomic mass is 10.2. The van der Waals surface area contributed by atoms with Crippen molar-refractivity contribution in [1.29, 1.82) is 0 Å². The van der Waals surface area contributed by atoms with Crippen molar-refractivity contribution in [2.24, 2.45) is 0 Å². The molecule has 0 aliphatic carbocycles. The molecule has 1 aromatic heterocycles. The van der Waals surface area contributed by atoms with E-state index in [0.29, 0.717) is 0 Å². The highest BCUT2D eigenvalue weighted by Crippen LogP contribution is 2.30. The van der Waals surface area contributed by atoms with E-state index in [4.69, 9.17) is 0 Å². The largest absolute Gasteiger partial charge is 0.464 e. The summed E-state index contributed by atoms with van der Waals surface area (Å²) in [4.78, 5) is 22.9. The summed E-state index contributed by atoms with van der Waals surface area (Å²) in [5.74, 6) is 0. The highest BCUT2D eigenvalue weighted by molar-refractivity contribution is 7.91. The Morgan fingerprint density at radius 2 is 1.82 bits per heavy atom. The molecular weight excluding hydrogens is 388 g/mol. The minimum absolute atomic E-state index is 0.0572. The molecule has 2 rings (SSSR count). The number of amides is 1. The summed E-state index contributed by atoms with van der Waals surface area (Å²) >= 11 is 0. The Bertz CT molecular complexity index is 995. The fourth-order valence-corrected chi connectivity index (χ4v) is 4.65. The first-order valence-corrected chi connectivity index (χ1v) is 10.2. The average molecular weight is 410 g/mol. The van der Waals surface area contributed by atoms with Crippen LogP contribution in [0.4, 0.5) is 10.5 Å². The number of hydrogen-bond donors (Lipinski definition) is 1. The number of nitro benzene ring substituents is 1. The molecule has 0 aliphatic heterocycles. The van der Waals surface area contributed by atoms with E-state index in [9.17, 15) is 28.4 Å². The quantitative estimate of drug-likeness (QED) is 0.547. The molecule has 11 heteroatoms. The summed E-state index contributed by atoms with van der Waals surface area (Å²) < 4.78 is 26.5. The summed E-state index contributed by atoms with van der Waals surface area (Å²) in [6, 6.07) is 4.10. The number of non-ortho nitro benzene ring substituents is 1. The van der Waals surface area contributed by atoms with Crippen molar-refractivity contribution in [1.82, 2.24) is 9.89 Å². The third kappa shape index (κ3) is 3.70. The average Bonchev–Trinajstić information content (AvgIpc) is 3.00. The molecule has 0 bridgehead atoms. The van der Waals surface area contributed by atoms with Gasteiger partial charge in [-0.2, -0.15) is 14.9 Å². The number of nitro groups is 1. The van der Waals surface area contributed by atoms with Gasteiger partial charge < -0.3 is 5.11 Å². The van der Waals surface area contributed by atoms with E-state index in [1.807, 2.05) is 0 Å². The molecule has 0 atom stereocenters. The van der Waals surface area contributed by atoms with Crippen molar-refractivity contribution in [3.8, 4) is 0 Å². The molecule has 0 unspecified atom stereocenters. The minimum Gasteiger partial charge on any atom is -0.464 e. The molecule has 28 heavy (non-hydrogen) atoms. The normalized spacial score (nSPS) is 11.6. The van der Waals surface area contributed by atoms with Gasteiger partial charge in [0.15, 0.2) is 0 Å². The third-order valence-electron chi connectivity index (χ3n) is 4.17. The SMILES string of the molecule is CCc1nn(N(C(=O)O)C(C)C)c(CC)c1S(=O)(=O)c1ccc([N+](=O)[O-])cc1. The van der Waals surface area contributed by atoms with Gasteiger partial charge in [-0.25, -0.2) is 13.2 Å². The monoisotopic (exact) mass is 410 g/mol. The first kappa shape index (κ1) is 21.4. The number of nitrogens with zero attached hydrogens (tertiary/aromatic N) is 4. The van der Waals surface area contributed by atoms with Crippen LogP contribution in [-0.2, 0) is 22.7 Å². The van der Waals surface area contributed by atoms with Gasteiger partial charge in [0.1, 0.15) is 4.90 Å². The highest BCUT2D eigenvalue weighted by Gasteiger charge is 2.32. The summed E-state index contributed by atoms with van der Waals surface area (Å²) in [5.41, 5.74) is 0.256. The molecule has 10 nitrogen and oxygen atoms in total. The van der Waals surface area contributed by atoms with Gasteiger partial charge in [-0.15, -0.1) is 0 Å². The van der Waals surface area contributed by atoms with Gasteiger partial charge in [0.05, 0.1) is 27.2 Å². The number of hydrogen-bond acceptors (Lipinski definition) is 6. The first-order valence-electron chi connectivity index (χ1n) is 8.68. The van der Waals surface area contributed by atoms with E-state index in [1.165, 1.54) is 12.1 Å². The molecule has 0 spiro atoms. The van der Waals surface area contributed by atoms with Crippen molar-refractivity contribution in [2.75, 3.05) is 5.01 Å². The Morgan fingerprint density at radius 1 is 1.25 bits per heavy atom. The summed E-state index contributed by atoms with van der Waals surface area (Å²) in [5, 5.41) is 25.6. The Balaban J connectivity index is 2.73. The van der Waals surface area contributed by atoms with E-state index in [1.54, 1.807) is 27.7 Å². The van der Waals surface area contributed by atoms with Crippen LogP contribution in [0, 0.1) is 10.1 Å². The zero-order valence-electron chi connectivity index (χ0n) is 16.0. The summed E-state index contributed by atoms with van der Waals surface area (Å²) in [6.45, 7) is 6.75. The molecule has 1 aromatic carbocycles. The predicted molar refractivity (Wildman–Crippen MR) is 101 cm³/mol. The van der Waals surface area contributed by atoms with E-state index < -0.39 is 26.9 Å². The highest BCUT2D eigenvalue weighted by atomic mass is 32.2. The van der Waals surface area contributed by atoms with Gasteiger partial charge in [-0.1, -0.05) is 13.8 Å². The van der Waals surface area contributed by atoms with Crippen molar-refractivity contribution in [2.45, 2.75) is 56.4 Å². The van der Waals surface area contributed by atoms with E-state index in [2.05, 4.69) is 5.10 Å². The zero-order valence-corrected chi connectivity index (χ0v) is 16.8. The molecule has 0 saturated heterocycles. The number of benzene rings is 1. The third-order valence-corrected chi connectivity index (χ3v) is 6.07. The maximum Gasteiger partial charge on any atom is 0.428 e. The van der Waals surface area contributed by atoms with Gasteiger partial charge in [-0.05, 0) is 38.8 Å². The fraction of sp³-hybridized carbons (Fsp3) is 0.412. The molecular formula is C17H22N4O6S. The van der Waals surface area contributed by atoms with Crippen molar-refractivity contribution in [3.05, 3.63) is 45.8 Å².